The zero-order valence-corrected chi connectivity index (χ0v) is 18.3. The van der Waals surface area contributed by atoms with Crippen LogP contribution in [0.1, 0.15) is 52.9 Å². The van der Waals surface area contributed by atoms with Crippen molar-refractivity contribution in [2.75, 3.05) is 26.4 Å². The first-order chi connectivity index (χ1) is 12.6. The molecule has 1 fully saturated rings. The third-order valence-corrected chi connectivity index (χ3v) is 6.24. The molecule has 0 atom stereocenters. The van der Waals surface area contributed by atoms with Gasteiger partial charge in [0.2, 0.25) is 0 Å². The van der Waals surface area contributed by atoms with E-state index >= 15 is 0 Å². The van der Waals surface area contributed by atoms with Gasteiger partial charge in [0.15, 0.2) is 5.79 Å². The Morgan fingerprint density at radius 1 is 1.22 bits per heavy atom. The number of hydrogen-bond donors (Lipinski definition) is 0. The van der Waals surface area contributed by atoms with Crippen molar-refractivity contribution in [3.05, 3.63) is 35.8 Å². The van der Waals surface area contributed by atoms with Crippen LogP contribution in [0.3, 0.4) is 0 Å². The van der Waals surface area contributed by atoms with E-state index in [1.807, 2.05) is 6.92 Å². The number of unbranched alkanes of at least 4 members (excludes halogenated alkanes) is 1. The number of allylic oxidation sites excluding steroid dienone is 3. The SMILES string of the molecule is C=C(/C=C\C(=C)S(=O)(=O)Cl)CCC1(C)OCC(CC)(COCCCC)CO1. The van der Waals surface area contributed by atoms with Crippen molar-refractivity contribution in [2.45, 2.75) is 58.7 Å². The van der Waals surface area contributed by atoms with Crippen LogP contribution in [0.25, 0.3) is 0 Å². The van der Waals surface area contributed by atoms with Crippen molar-refractivity contribution in [3.63, 3.8) is 0 Å². The molecule has 27 heavy (non-hydrogen) atoms. The quantitative estimate of drug-likeness (QED) is 0.254. The number of hydrogen-bond acceptors (Lipinski definition) is 5. The van der Waals surface area contributed by atoms with E-state index < -0.39 is 14.8 Å². The highest BCUT2D eigenvalue weighted by atomic mass is 35.7. The Balaban J connectivity index is 2.48. The fourth-order valence-electron chi connectivity index (χ4n) is 2.53. The van der Waals surface area contributed by atoms with Gasteiger partial charge in [-0.25, -0.2) is 8.42 Å². The molecule has 156 valence electrons. The van der Waals surface area contributed by atoms with Gasteiger partial charge in [-0.3, -0.25) is 0 Å². The molecule has 0 radical (unpaired) electrons. The normalized spacial score (nSPS) is 26.4. The first kappa shape index (κ1) is 24.4. The lowest BCUT2D eigenvalue weighted by atomic mass is 9.86. The fraction of sp³-hybridized carbons (Fsp3) is 0.700. The van der Waals surface area contributed by atoms with Crippen LogP contribution in [0.4, 0.5) is 0 Å². The predicted octanol–water partition coefficient (Wildman–Crippen LogP) is 4.94. The first-order valence-corrected chi connectivity index (χ1v) is 11.7. The van der Waals surface area contributed by atoms with Crippen LogP contribution in [-0.2, 0) is 23.3 Å². The number of halogens is 1. The maximum atomic E-state index is 11.1. The molecule has 5 nitrogen and oxygen atoms in total. The summed E-state index contributed by atoms with van der Waals surface area (Å²) >= 11 is 0. The van der Waals surface area contributed by atoms with E-state index in [2.05, 4.69) is 27.0 Å². The maximum Gasteiger partial charge on any atom is 0.260 e. The largest absolute Gasteiger partial charge is 0.381 e. The van der Waals surface area contributed by atoms with Crippen molar-refractivity contribution in [2.24, 2.45) is 5.41 Å². The summed E-state index contributed by atoms with van der Waals surface area (Å²) in [5.41, 5.74) is 0.650. The average Bonchev–Trinajstić information content (AvgIpc) is 2.63. The van der Waals surface area contributed by atoms with Crippen LogP contribution in [0.5, 0.6) is 0 Å². The molecule has 0 bridgehead atoms. The van der Waals surface area contributed by atoms with E-state index in [-0.39, 0.29) is 10.3 Å². The van der Waals surface area contributed by atoms with Gasteiger partial charge < -0.3 is 14.2 Å². The number of rotatable bonds is 12. The van der Waals surface area contributed by atoms with Crippen molar-refractivity contribution in [1.29, 1.82) is 0 Å². The minimum absolute atomic E-state index is 0.101. The third kappa shape index (κ3) is 8.48. The van der Waals surface area contributed by atoms with Gasteiger partial charge in [0.1, 0.15) is 0 Å². The van der Waals surface area contributed by atoms with E-state index in [1.165, 1.54) is 6.08 Å². The second-order valence-corrected chi connectivity index (χ2v) is 9.99. The van der Waals surface area contributed by atoms with Gasteiger partial charge in [-0.05, 0) is 32.3 Å². The zero-order chi connectivity index (χ0) is 20.6. The standard InChI is InChI=1S/C20H33ClO5S/c1-6-8-13-24-14-20(7-2)15-25-19(5,26-16-20)12-11-17(3)9-10-18(4)27(21,22)23/h9-10H,3-4,6-8,11-16H2,1-2,5H3/b10-9-. The second-order valence-electron chi connectivity index (χ2n) is 7.37. The minimum Gasteiger partial charge on any atom is -0.381 e. The minimum atomic E-state index is -3.78. The van der Waals surface area contributed by atoms with Gasteiger partial charge in [-0.15, -0.1) is 0 Å². The highest BCUT2D eigenvalue weighted by Gasteiger charge is 2.41. The molecule has 1 rings (SSSR count). The highest BCUT2D eigenvalue weighted by molar-refractivity contribution is 8.16. The van der Waals surface area contributed by atoms with Gasteiger partial charge in [-0.1, -0.05) is 45.1 Å². The van der Waals surface area contributed by atoms with Gasteiger partial charge in [0.25, 0.3) is 9.05 Å². The summed E-state index contributed by atoms with van der Waals surface area (Å²) in [7, 11) is 1.44. The van der Waals surface area contributed by atoms with Crippen LogP contribution in [-0.4, -0.2) is 40.6 Å². The molecule has 1 aliphatic heterocycles. The molecule has 0 saturated carbocycles. The molecular weight excluding hydrogens is 388 g/mol. The smallest absolute Gasteiger partial charge is 0.260 e. The molecular formula is C20H33ClO5S. The Bertz CT molecular complexity index is 631. The van der Waals surface area contributed by atoms with Gasteiger partial charge in [-0.2, -0.15) is 0 Å². The van der Waals surface area contributed by atoms with E-state index in [0.717, 1.165) is 31.4 Å². The lowest BCUT2D eigenvalue weighted by molar-refractivity contribution is -0.303. The Morgan fingerprint density at radius 3 is 2.37 bits per heavy atom. The monoisotopic (exact) mass is 420 g/mol. The van der Waals surface area contributed by atoms with Crippen LogP contribution in [0, 0.1) is 5.41 Å². The fourth-order valence-corrected chi connectivity index (χ4v) is 2.91. The summed E-state index contributed by atoms with van der Waals surface area (Å²) in [6.45, 7) is 16.1. The van der Waals surface area contributed by atoms with Gasteiger partial charge in [0, 0.05) is 29.1 Å². The van der Waals surface area contributed by atoms with Crippen LogP contribution < -0.4 is 0 Å². The molecule has 1 saturated heterocycles. The lowest BCUT2D eigenvalue weighted by Crippen LogP contribution is -2.50. The summed E-state index contributed by atoms with van der Waals surface area (Å²) in [6, 6.07) is 0. The summed E-state index contributed by atoms with van der Waals surface area (Å²) < 4.78 is 40.2. The van der Waals surface area contributed by atoms with Crippen molar-refractivity contribution in [1.82, 2.24) is 0 Å². The Labute approximate surface area is 168 Å². The summed E-state index contributed by atoms with van der Waals surface area (Å²) in [4.78, 5) is -0.155. The molecule has 0 aromatic carbocycles. The van der Waals surface area contributed by atoms with E-state index in [9.17, 15) is 8.42 Å². The topological polar surface area (TPSA) is 61.8 Å². The van der Waals surface area contributed by atoms with Crippen molar-refractivity contribution < 1.29 is 22.6 Å². The van der Waals surface area contributed by atoms with Crippen LogP contribution >= 0.6 is 10.7 Å². The molecule has 0 aliphatic carbocycles. The average molecular weight is 421 g/mol. The van der Waals surface area contributed by atoms with Crippen molar-refractivity contribution in [3.8, 4) is 0 Å². The molecule has 1 aliphatic rings. The summed E-state index contributed by atoms with van der Waals surface area (Å²) in [5.74, 6) is -0.686. The molecule has 0 aromatic rings. The highest BCUT2D eigenvalue weighted by Crippen LogP contribution is 2.35. The van der Waals surface area contributed by atoms with E-state index in [4.69, 9.17) is 24.9 Å². The predicted molar refractivity (Wildman–Crippen MR) is 110 cm³/mol. The Hall–Kier alpha value is -0.660. The Kier molecular flexibility index (Phi) is 9.72. The van der Waals surface area contributed by atoms with Crippen LogP contribution in [0.2, 0.25) is 0 Å². The second kappa shape index (κ2) is 10.8. The Morgan fingerprint density at radius 2 is 1.85 bits per heavy atom. The van der Waals surface area contributed by atoms with Crippen LogP contribution in [0.15, 0.2) is 35.8 Å². The number of ether oxygens (including phenoxy) is 3. The van der Waals surface area contributed by atoms with Gasteiger partial charge >= 0.3 is 0 Å². The van der Waals surface area contributed by atoms with E-state index in [0.29, 0.717) is 32.7 Å². The molecule has 1 heterocycles. The molecule has 0 spiro atoms. The molecule has 0 unspecified atom stereocenters. The first-order valence-electron chi connectivity index (χ1n) is 9.41. The molecule has 0 amide bonds. The van der Waals surface area contributed by atoms with Gasteiger partial charge in [0.05, 0.1) is 24.7 Å². The van der Waals surface area contributed by atoms with E-state index in [1.54, 1.807) is 6.08 Å². The molecule has 7 heteroatoms. The maximum absolute atomic E-state index is 11.1. The molecule has 0 aromatic heterocycles. The zero-order valence-electron chi connectivity index (χ0n) is 16.8. The third-order valence-electron chi connectivity index (χ3n) is 4.89. The summed E-state index contributed by atoms with van der Waals surface area (Å²) in [6.07, 6.45) is 7.29. The lowest BCUT2D eigenvalue weighted by Gasteiger charge is -2.44. The molecule has 0 N–H and O–H groups in total. The van der Waals surface area contributed by atoms with Crippen molar-refractivity contribution >= 4 is 19.7 Å². The summed E-state index contributed by atoms with van der Waals surface area (Å²) in [5, 5.41) is 0.